The van der Waals surface area contributed by atoms with Gasteiger partial charge >= 0.3 is 5.97 Å². The molecule has 0 amide bonds. The molecule has 2 rings (SSSR count). The van der Waals surface area contributed by atoms with Crippen LogP contribution in [0.25, 0.3) is 11.3 Å². The van der Waals surface area contributed by atoms with E-state index in [0.717, 1.165) is 4.68 Å². The van der Waals surface area contributed by atoms with Crippen molar-refractivity contribution in [2.75, 3.05) is 0 Å². The van der Waals surface area contributed by atoms with E-state index in [1.807, 2.05) is 0 Å². The van der Waals surface area contributed by atoms with Crippen molar-refractivity contribution in [2.24, 2.45) is 0 Å². The van der Waals surface area contributed by atoms with E-state index in [1.54, 1.807) is 6.07 Å². The van der Waals surface area contributed by atoms with Crippen molar-refractivity contribution in [3.63, 3.8) is 0 Å². The van der Waals surface area contributed by atoms with E-state index in [0.29, 0.717) is 11.3 Å². The van der Waals surface area contributed by atoms with Gasteiger partial charge in [0.25, 0.3) is 5.56 Å². The third kappa shape index (κ3) is 2.60. The lowest BCUT2D eigenvalue weighted by Gasteiger charge is -2.04. The van der Waals surface area contributed by atoms with E-state index >= 15 is 0 Å². The molecule has 0 radical (unpaired) electrons. The highest BCUT2D eigenvalue weighted by Gasteiger charge is 2.06. The molecule has 92 valence electrons. The van der Waals surface area contributed by atoms with Crippen LogP contribution >= 0.6 is 0 Å². The highest BCUT2D eigenvalue weighted by atomic mass is 19.1. The SMILES string of the molecule is O=C(O)Cn1nc(-c2cccc(F)c2)ccc1=O. The summed E-state index contributed by atoms with van der Waals surface area (Å²) in [6, 6.07) is 8.32. The van der Waals surface area contributed by atoms with Gasteiger partial charge in [0, 0.05) is 11.6 Å². The summed E-state index contributed by atoms with van der Waals surface area (Å²) in [6.07, 6.45) is 0. The molecule has 2 aromatic rings. The van der Waals surface area contributed by atoms with Crippen molar-refractivity contribution in [1.82, 2.24) is 9.78 Å². The number of benzene rings is 1. The summed E-state index contributed by atoms with van der Waals surface area (Å²) >= 11 is 0. The van der Waals surface area contributed by atoms with Crippen LogP contribution < -0.4 is 5.56 Å². The molecular weight excluding hydrogens is 239 g/mol. The highest BCUT2D eigenvalue weighted by molar-refractivity contribution is 5.66. The summed E-state index contributed by atoms with van der Waals surface area (Å²) in [4.78, 5) is 21.9. The van der Waals surface area contributed by atoms with Crippen LogP contribution in [0, 0.1) is 5.82 Å². The molecule has 18 heavy (non-hydrogen) atoms. The van der Waals surface area contributed by atoms with Gasteiger partial charge in [0.05, 0.1) is 5.69 Å². The number of aliphatic carboxylic acids is 1. The molecule has 0 fully saturated rings. The maximum Gasteiger partial charge on any atom is 0.325 e. The summed E-state index contributed by atoms with van der Waals surface area (Å²) in [7, 11) is 0. The number of halogens is 1. The van der Waals surface area contributed by atoms with Crippen molar-refractivity contribution >= 4 is 5.97 Å². The van der Waals surface area contributed by atoms with Crippen LogP contribution in [0.15, 0.2) is 41.2 Å². The van der Waals surface area contributed by atoms with Gasteiger partial charge in [-0.25, -0.2) is 9.07 Å². The standard InChI is InChI=1S/C12H9FN2O3/c13-9-3-1-2-8(6-9)10-4-5-11(16)15(14-10)7-12(17)18/h1-6H,7H2,(H,17,18). The average molecular weight is 248 g/mol. The Kier molecular flexibility index (Phi) is 3.18. The van der Waals surface area contributed by atoms with Crippen LogP contribution in [-0.2, 0) is 11.3 Å². The largest absolute Gasteiger partial charge is 0.480 e. The van der Waals surface area contributed by atoms with Crippen molar-refractivity contribution in [2.45, 2.75) is 6.54 Å². The smallest absolute Gasteiger partial charge is 0.325 e. The number of hydrogen-bond donors (Lipinski definition) is 1. The maximum absolute atomic E-state index is 13.1. The van der Waals surface area contributed by atoms with Gasteiger partial charge in [-0.15, -0.1) is 0 Å². The Morgan fingerprint density at radius 2 is 2.11 bits per heavy atom. The molecule has 0 aliphatic carbocycles. The minimum absolute atomic E-state index is 0.343. The summed E-state index contributed by atoms with van der Waals surface area (Å²) in [6.45, 7) is -0.526. The van der Waals surface area contributed by atoms with Crippen molar-refractivity contribution in [1.29, 1.82) is 0 Å². The number of carbonyl (C=O) groups is 1. The molecule has 0 bridgehead atoms. The fourth-order valence-corrected chi connectivity index (χ4v) is 1.49. The average Bonchev–Trinajstić information content (AvgIpc) is 2.31. The molecule has 1 aromatic heterocycles. The Bertz CT molecular complexity index is 652. The molecule has 5 nitrogen and oxygen atoms in total. The number of carboxylic acids is 1. The van der Waals surface area contributed by atoms with Gasteiger partial charge in [0.1, 0.15) is 12.4 Å². The molecule has 0 saturated carbocycles. The fraction of sp³-hybridized carbons (Fsp3) is 0.0833. The first-order valence-corrected chi connectivity index (χ1v) is 5.12. The van der Waals surface area contributed by atoms with Gasteiger partial charge in [0.15, 0.2) is 0 Å². The second-order valence-corrected chi connectivity index (χ2v) is 3.62. The fourth-order valence-electron chi connectivity index (χ4n) is 1.49. The van der Waals surface area contributed by atoms with E-state index in [4.69, 9.17) is 5.11 Å². The Morgan fingerprint density at radius 1 is 1.33 bits per heavy atom. The number of rotatable bonds is 3. The Labute approximate surface area is 101 Å². The van der Waals surface area contributed by atoms with E-state index in [-0.39, 0.29) is 0 Å². The van der Waals surface area contributed by atoms with Crippen LogP contribution in [0.4, 0.5) is 4.39 Å². The van der Waals surface area contributed by atoms with Crippen LogP contribution in [-0.4, -0.2) is 20.9 Å². The van der Waals surface area contributed by atoms with Crippen LogP contribution in [0.2, 0.25) is 0 Å². The van der Waals surface area contributed by atoms with Gasteiger partial charge in [-0.05, 0) is 18.2 Å². The highest BCUT2D eigenvalue weighted by Crippen LogP contribution is 2.16. The molecule has 1 N–H and O–H groups in total. The van der Waals surface area contributed by atoms with Gasteiger partial charge in [-0.1, -0.05) is 12.1 Å². The first-order chi connectivity index (χ1) is 8.56. The van der Waals surface area contributed by atoms with Gasteiger partial charge in [-0.3, -0.25) is 9.59 Å². The van der Waals surface area contributed by atoms with E-state index < -0.39 is 23.9 Å². The summed E-state index contributed by atoms with van der Waals surface area (Å²) < 4.78 is 13.9. The monoisotopic (exact) mass is 248 g/mol. The van der Waals surface area contributed by atoms with Gasteiger partial charge < -0.3 is 5.11 Å². The zero-order valence-electron chi connectivity index (χ0n) is 9.21. The second kappa shape index (κ2) is 4.79. The van der Waals surface area contributed by atoms with Crippen LogP contribution in [0.5, 0.6) is 0 Å². The molecule has 0 spiro atoms. The topological polar surface area (TPSA) is 72.2 Å². The van der Waals surface area contributed by atoms with E-state index in [1.165, 1.54) is 30.3 Å². The summed E-state index contributed by atoms with van der Waals surface area (Å²) in [5, 5.41) is 12.5. The zero-order chi connectivity index (χ0) is 13.1. The molecule has 0 saturated heterocycles. The normalized spacial score (nSPS) is 10.3. The molecule has 1 aromatic carbocycles. The first-order valence-electron chi connectivity index (χ1n) is 5.12. The molecular formula is C12H9FN2O3. The van der Waals surface area contributed by atoms with Gasteiger partial charge in [-0.2, -0.15) is 5.10 Å². The zero-order valence-corrected chi connectivity index (χ0v) is 9.21. The molecule has 0 atom stereocenters. The van der Waals surface area contributed by atoms with Crippen molar-refractivity contribution < 1.29 is 14.3 Å². The van der Waals surface area contributed by atoms with Gasteiger partial charge in [0.2, 0.25) is 0 Å². The predicted molar refractivity (Wildman–Crippen MR) is 61.5 cm³/mol. The lowest BCUT2D eigenvalue weighted by Crippen LogP contribution is -2.26. The summed E-state index contributed by atoms with van der Waals surface area (Å²) in [5.74, 6) is -1.59. The number of hydrogen-bond acceptors (Lipinski definition) is 3. The number of aromatic nitrogens is 2. The van der Waals surface area contributed by atoms with E-state index in [2.05, 4.69) is 5.10 Å². The quantitative estimate of drug-likeness (QED) is 0.883. The Hall–Kier alpha value is -2.50. The number of carboxylic acid groups (broad SMARTS) is 1. The first kappa shape index (κ1) is 12.0. The van der Waals surface area contributed by atoms with Crippen molar-refractivity contribution in [3.8, 4) is 11.3 Å². The van der Waals surface area contributed by atoms with Crippen LogP contribution in [0.3, 0.4) is 0 Å². The molecule has 0 aliphatic rings. The third-order valence-electron chi connectivity index (χ3n) is 2.27. The minimum Gasteiger partial charge on any atom is -0.480 e. The Balaban J connectivity index is 2.47. The van der Waals surface area contributed by atoms with Crippen LogP contribution in [0.1, 0.15) is 0 Å². The van der Waals surface area contributed by atoms with E-state index in [9.17, 15) is 14.0 Å². The predicted octanol–water partition coefficient (Wildman–Crippen LogP) is 1.13. The number of nitrogens with zero attached hydrogens (tertiary/aromatic N) is 2. The minimum atomic E-state index is -1.17. The second-order valence-electron chi connectivity index (χ2n) is 3.62. The lowest BCUT2D eigenvalue weighted by molar-refractivity contribution is -0.138. The van der Waals surface area contributed by atoms with Crippen molar-refractivity contribution in [3.05, 3.63) is 52.6 Å². The summed E-state index contributed by atoms with van der Waals surface area (Å²) in [5.41, 5.74) is 0.307. The molecule has 1 heterocycles. The lowest BCUT2D eigenvalue weighted by atomic mass is 10.1. The molecule has 6 heteroatoms. The molecule has 0 unspecified atom stereocenters. The molecule has 0 aliphatic heterocycles. The maximum atomic E-state index is 13.1. The third-order valence-corrected chi connectivity index (χ3v) is 2.27. The Morgan fingerprint density at radius 3 is 2.78 bits per heavy atom.